The summed E-state index contributed by atoms with van der Waals surface area (Å²) < 4.78 is 10.5. The fraction of sp³-hybridized carbons (Fsp3) is 0.818. The Balaban J connectivity index is 0. The first-order valence-electron chi connectivity index (χ1n) is 11.2. The van der Waals surface area contributed by atoms with E-state index in [0.29, 0.717) is 26.2 Å². The number of hydrogen-bond donors (Lipinski definition) is 5. The van der Waals surface area contributed by atoms with Crippen molar-refractivity contribution < 1.29 is 19.1 Å². The van der Waals surface area contributed by atoms with Crippen LogP contribution in [0, 0.1) is 10.8 Å². The summed E-state index contributed by atoms with van der Waals surface area (Å²) in [7, 11) is 0. The van der Waals surface area contributed by atoms with Gasteiger partial charge >= 0.3 is 12.2 Å². The molecule has 2 fully saturated rings. The number of amidine groups is 1. The number of piperazine rings is 2. The summed E-state index contributed by atoms with van der Waals surface area (Å²) in [6, 6.07) is 0. The summed E-state index contributed by atoms with van der Waals surface area (Å²) in [5.41, 5.74) is 9.35. The Morgan fingerprint density at radius 2 is 1.09 bits per heavy atom. The smallest absolute Gasteiger partial charge is 0.410 e. The lowest BCUT2D eigenvalue weighted by Gasteiger charge is -2.35. The van der Waals surface area contributed by atoms with E-state index in [-0.39, 0.29) is 36.3 Å². The molecule has 0 saturated carbocycles. The first-order chi connectivity index (χ1) is 15.6. The first-order valence-corrected chi connectivity index (χ1v) is 12.4. The average molecular weight is 521 g/mol. The third-order valence-corrected chi connectivity index (χ3v) is 4.70. The number of thioether (sulfide) groups is 1. The molecule has 2 amide bonds. The standard InChI is InChI=1S/C10H20N4O2.C9H18N2O2.C2H6N2S.CH4/c1-10(2,3)16-9(15)14-6-4-13(5-7-14)8(11)12;1-9(2,3)13-8(12)11-6-4-10-5-7-11;1-5-2(3)4;/h4-7H2,1-3H3,(H3,11,12);10H,4-7H2,1-3H3;1H3,(H3,3,4);1H4. The van der Waals surface area contributed by atoms with Gasteiger partial charge in [-0.25, -0.2) is 9.59 Å². The average Bonchev–Trinajstić information content (AvgIpc) is 2.73. The van der Waals surface area contributed by atoms with Crippen molar-refractivity contribution in [3.05, 3.63) is 0 Å². The quantitative estimate of drug-likeness (QED) is 0.237. The van der Waals surface area contributed by atoms with Crippen molar-refractivity contribution in [3.8, 4) is 0 Å². The molecule has 2 saturated heterocycles. The van der Waals surface area contributed by atoms with Crippen molar-refractivity contribution >= 4 is 35.1 Å². The zero-order valence-corrected chi connectivity index (χ0v) is 22.5. The molecule has 13 heteroatoms. The summed E-state index contributed by atoms with van der Waals surface area (Å²) >= 11 is 1.24. The van der Waals surface area contributed by atoms with Crippen LogP contribution in [0.3, 0.4) is 0 Å². The SMILES string of the molecule is C.CC(C)(C)OC(=O)N1CCN(C(=N)N)CC1.CC(C)(C)OC(=O)N1CCNCC1.CSC(=N)N. The number of amides is 2. The van der Waals surface area contributed by atoms with Gasteiger partial charge in [-0.3, -0.25) is 10.8 Å². The lowest BCUT2D eigenvalue weighted by molar-refractivity contribution is 0.0184. The first kappa shape index (κ1) is 34.8. The van der Waals surface area contributed by atoms with E-state index in [1.54, 1.807) is 21.0 Å². The Morgan fingerprint density at radius 3 is 1.37 bits per heavy atom. The number of carbonyl (C=O) groups excluding carboxylic acids is 2. The van der Waals surface area contributed by atoms with Gasteiger partial charge in [-0.2, -0.15) is 0 Å². The van der Waals surface area contributed by atoms with Gasteiger partial charge in [0.1, 0.15) is 11.2 Å². The molecule has 12 nitrogen and oxygen atoms in total. The molecule has 0 unspecified atom stereocenters. The molecule has 7 N–H and O–H groups in total. The molecule has 0 aromatic heterocycles. The molecule has 0 atom stereocenters. The minimum absolute atomic E-state index is 0. The molecule has 206 valence electrons. The van der Waals surface area contributed by atoms with Crippen LogP contribution in [0.25, 0.3) is 0 Å². The van der Waals surface area contributed by atoms with Crippen LogP contribution in [0.1, 0.15) is 49.0 Å². The van der Waals surface area contributed by atoms with Crippen molar-refractivity contribution in [2.45, 2.75) is 60.2 Å². The molecule has 2 heterocycles. The van der Waals surface area contributed by atoms with Gasteiger partial charge in [-0.15, -0.1) is 0 Å². The highest BCUT2D eigenvalue weighted by molar-refractivity contribution is 8.13. The monoisotopic (exact) mass is 520 g/mol. The minimum Gasteiger partial charge on any atom is -0.444 e. The molecular weight excluding hydrogens is 472 g/mol. The van der Waals surface area contributed by atoms with Crippen LogP contribution in [-0.2, 0) is 9.47 Å². The molecule has 0 bridgehead atoms. The zero-order valence-electron chi connectivity index (χ0n) is 21.7. The van der Waals surface area contributed by atoms with Crippen molar-refractivity contribution in [2.75, 3.05) is 58.6 Å². The van der Waals surface area contributed by atoms with Crippen molar-refractivity contribution in [2.24, 2.45) is 11.5 Å². The van der Waals surface area contributed by atoms with Gasteiger partial charge in [-0.05, 0) is 47.8 Å². The van der Waals surface area contributed by atoms with E-state index in [0.717, 1.165) is 26.2 Å². The fourth-order valence-corrected chi connectivity index (χ4v) is 2.63. The molecule has 2 rings (SSSR count). The van der Waals surface area contributed by atoms with Gasteiger partial charge < -0.3 is 41.0 Å². The number of nitrogens with two attached hydrogens (primary N) is 2. The Labute approximate surface area is 215 Å². The van der Waals surface area contributed by atoms with Crippen LogP contribution in [0.15, 0.2) is 0 Å². The van der Waals surface area contributed by atoms with E-state index < -0.39 is 5.60 Å². The summed E-state index contributed by atoms with van der Waals surface area (Å²) in [5, 5.41) is 17.1. The molecule has 0 aromatic carbocycles. The van der Waals surface area contributed by atoms with E-state index in [1.165, 1.54) is 11.8 Å². The van der Waals surface area contributed by atoms with E-state index in [2.05, 4.69) is 5.32 Å². The van der Waals surface area contributed by atoms with E-state index >= 15 is 0 Å². The van der Waals surface area contributed by atoms with Crippen molar-refractivity contribution in [1.29, 1.82) is 10.8 Å². The van der Waals surface area contributed by atoms with Crippen LogP contribution in [0.5, 0.6) is 0 Å². The van der Waals surface area contributed by atoms with Crippen molar-refractivity contribution in [3.63, 3.8) is 0 Å². The second-order valence-electron chi connectivity index (χ2n) is 9.63. The van der Waals surface area contributed by atoms with Crippen LogP contribution in [-0.4, -0.2) is 108 Å². The van der Waals surface area contributed by atoms with E-state index in [4.69, 9.17) is 31.8 Å². The molecule has 2 aliphatic rings. The van der Waals surface area contributed by atoms with Gasteiger partial charge in [0.25, 0.3) is 0 Å². The lowest BCUT2D eigenvalue weighted by atomic mass is 10.2. The van der Waals surface area contributed by atoms with Crippen LogP contribution in [0.2, 0.25) is 0 Å². The van der Waals surface area contributed by atoms with E-state index in [1.807, 2.05) is 41.5 Å². The van der Waals surface area contributed by atoms with Gasteiger partial charge in [0.2, 0.25) is 0 Å². The predicted octanol–water partition coefficient (Wildman–Crippen LogP) is 2.14. The van der Waals surface area contributed by atoms with Gasteiger partial charge in [0.15, 0.2) is 11.1 Å². The number of rotatable bonds is 0. The van der Waals surface area contributed by atoms with Crippen molar-refractivity contribution in [1.82, 2.24) is 20.0 Å². The Morgan fingerprint density at radius 1 is 0.771 bits per heavy atom. The highest BCUT2D eigenvalue weighted by atomic mass is 32.2. The second-order valence-corrected chi connectivity index (χ2v) is 10.5. The lowest BCUT2D eigenvalue weighted by Crippen LogP contribution is -2.53. The summed E-state index contributed by atoms with van der Waals surface area (Å²) in [4.78, 5) is 28.3. The van der Waals surface area contributed by atoms with Gasteiger partial charge in [0.05, 0.1) is 0 Å². The fourth-order valence-electron chi connectivity index (χ4n) is 2.63. The largest absolute Gasteiger partial charge is 0.444 e. The Kier molecular flexibility index (Phi) is 16.2. The Hall–Kier alpha value is -2.41. The third-order valence-electron chi connectivity index (χ3n) is 4.26. The maximum atomic E-state index is 11.7. The summed E-state index contributed by atoms with van der Waals surface area (Å²) in [5.74, 6) is 0.0591. The summed E-state index contributed by atoms with van der Waals surface area (Å²) in [6.07, 6.45) is 1.27. The molecule has 0 aromatic rings. The summed E-state index contributed by atoms with van der Waals surface area (Å²) in [6.45, 7) is 16.7. The maximum absolute atomic E-state index is 11.7. The predicted molar refractivity (Wildman–Crippen MR) is 144 cm³/mol. The number of carbonyl (C=O) groups is 2. The third kappa shape index (κ3) is 17.6. The highest BCUT2D eigenvalue weighted by Gasteiger charge is 2.26. The molecule has 0 radical (unpaired) electrons. The number of guanidine groups is 1. The molecule has 2 aliphatic heterocycles. The number of hydrogen-bond acceptors (Lipinski definition) is 8. The number of nitrogens with one attached hydrogen (secondary N) is 3. The topological polar surface area (TPSA) is 174 Å². The Bertz CT molecular complexity index is 665. The van der Waals surface area contributed by atoms with Crippen LogP contribution in [0.4, 0.5) is 9.59 Å². The van der Waals surface area contributed by atoms with Gasteiger partial charge in [0, 0.05) is 52.4 Å². The zero-order chi connectivity index (χ0) is 26.5. The second kappa shape index (κ2) is 16.3. The number of ether oxygens (including phenoxy) is 2. The normalized spacial score (nSPS) is 15.8. The van der Waals surface area contributed by atoms with Crippen LogP contribution < -0.4 is 16.8 Å². The molecule has 0 spiro atoms. The van der Waals surface area contributed by atoms with Gasteiger partial charge in [-0.1, -0.05) is 19.2 Å². The molecule has 35 heavy (non-hydrogen) atoms. The molecule has 0 aliphatic carbocycles. The van der Waals surface area contributed by atoms with Crippen LogP contribution >= 0.6 is 11.8 Å². The maximum Gasteiger partial charge on any atom is 0.410 e. The van der Waals surface area contributed by atoms with E-state index in [9.17, 15) is 9.59 Å². The number of nitrogens with zero attached hydrogens (tertiary/aromatic N) is 3. The highest BCUT2D eigenvalue weighted by Crippen LogP contribution is 2.12. The molecular formula is C22H48N8O4S. The minimum atomic E-state index is -0.463.